The summed E-state index contributed by atoms with van der Waals surface area (Å²) in [4.78, 5) is 36.8. The number of ether oxygens (including phenoxy) is 2. The minimum Gasteiger partial charge on any atom is -0.462 e. The van der Waals surface area contributed by atoms with Crippen molar-refractivity contribution in [3.05, 3.63) is 12.2 Å². The molecule has 0 heterocycles. The number of Topliss-reactive ketones (excluding diaryl/α,β-unsaturated/α-hetero) is 1. The standard InChI is InChI=1S/C38H68O8/c1-3-5-7-8-9-10-11-12-13-14-15-21-25-38(44)46-32(29-39)30-45-37(43)24-20-17-16-19-23-33-34(36(42)28-35(33)41)27-26-31(40)22-18-6-4-2/h26-27,31-34,36,39-40,42H,3-25,28-30H2,1-2H3/b27-26+/t31-,32-,33+,34+,36+/m0/s1. The molecule has 0 amide bonds. The van der Waals surface area contributed by atoms with Gasteiger partial charge in [-0.3, -0.25) is 14.4 Å². The van der Waals surface area contributed by atoms with Crippen molar-refractivity contribution in [3.8, 4) is 0 Å². The lowest BCUT2D eigenvalue weighted by atomic mass is 9.88. The first kappa shape index (κ1) is 42.3. The van der Waals surface area contributed by atoms with Crippen LogP contribution in [0.2, 0.25) is 0 Å². The fourth-order valence-corrected chi connectivity index (χ4v) is 6.27. The molecule has 1 rings (SSSR count). The zero-order chi connectivity index (χ0) is 33.8. The van der Waals surface area contributed by atoms with Crippen molar-refractivity contribution in [1.82, 2.24) is 0 Å². The third kappa shape index (κ3) is 21.2. The van der Waals surface area contributed by atoms with Gasteiger partial charge in [0.1, 0.15) is 12.4 Å². The number of carbonyl (C=O) groups excluding carboxylic acids is 3. The highest BCUT2D eigenvalue weighted by Gasteiger charge is 2.39. The van der Waals surface area contributed by atoms with E-state index in [4.69, 9.17) is 9.47 Å². The molecule has 0 aromatic rings. The Labute approximate surface area is 280 Å². The van der Waals surface area contributed by atoms with Gasteiger partial charge in [-0.05, 0) is 25.7 Å². The maximum absolute atomic E-state index is 12.5. The lowest BCUT2D eigenvalue weighted by molar-refractivity contribution is -0.161. The summed E-state index contributed by atoms with van der Waals surface area (Å²) in [6.07, 6.45) is 24.5. The van der Waals surface area contributed by atoms with Gasteiger partial charge in [0.05, 0.1) is 18.8 Å². The number of aliphatic hydroxyl groups is 3. The molecule has 5 atom stereocenters. The van der Waals surface area contributed by atoms with Crippen molar-refractivity contribution < 1.29 is 39.2 Å². The summed E-state index contributed by atoms with van der Waals surface area (Å²) in [7, 11) is 0. The van der Waals surface area contributed by atoms with Gasteiger partial charge in [-0.15, -0.1) is 0 Å². The predicted molar refractivity (Wildman–Crippen MR) is 183 cm³/mol. The van der Waals surface area contributed by atoms with Crippen LogP contribution in [-0.2, 0) is 23.9 Å². The zero-order valence-corrected chi connectivity index (χ0v) is 29.3. The van der Waals surface area contributed by atoms with E-state index >= 15 is 0 Å². The van der Waals surface area contributed by atoms with Crippen LogP contribution in [0.5, 0.6) is 0 Å². The molecule has 0 aromatic carbocycles. The summed E-state index contributed by atoms with van der Waals surface area (Å²) in [6.45, 7) is 3.83. The van der Waals surface area contributed by atoms with Crippen molar-refractivity contribution >= 4 is 17.7 Å². The fraction of sp³-hybridized carbons (Fsp3) is 0.868. The van der Waals surface area contributed by atoms with Gasteiger partial charge in [-0.2, -0.15) is 0 Å². The molecule has 0 spiro atoms. The molecule has 0 aromatic heterocycles. The van der Waals surface area contributed by atoms with Crippen LogP contribution in [0.15, 0.2) is 12.2 Å². The Morgan fingerprint density at radius 3 is 1.89 bits per heavy atom. The molecule has 3 N–H and O–H groups in total. The SMILES string of the molecule is CCCCCCCCCCCCCCC(=O)O[C@@H](CO)COC(=O)CCCCCC[C@H]1C(=O)C[C@@H](O)[C@@H]1/C=C/[C@@H](O)CCCCC. The Morgan fingerprint density at radius 2 is 1.30 bits per heavy atom. The van der Waals surface area contributed by atoms with E-state index in [1.807, 2.05) is 6.08 Å². The van der Waals surface area contributed by atoms with E-state index in [0.717, 1.165) is 57.8 Å². The van der Waals surface area contributed by atoms with Crippen molar-refractivity contribution in [2.75, 3.05) is 13.2 Å². The molecule has 8 nitrogen and oxygen atoms in total. The Morgan fingerprint density at radius 1 is 0.783 bits per heavy atom. The number of carbonyl (C=O) groups is 3. The fourth-order valence-electron chi connectivity index (χ4n) is 6.27. The average molecular weight is 653 g/mol. The second-order valence-corrected chi connectivity index (χ2v) is 13.4. The largest absolute Gasteiger partial charge is 0.462 e. The van der Waals surface area contributed by atoms with Gasteiger partial charge < -0.3 is 24.8 Å². The molecule has 0 bridgehead atoms. The van der Waals surface area contributed by atoms with Gasteiger partial charge in [0, 0.05) is 31.1 Å². The predicted octanol–water partition coefficient (Wildman–Crippen LogP) is 7.93. The van der Waals surface area contributed by atoms with Crippen LogP contribution < -0.4 is 0 Å². The van der Waals surface area contributed by atoms with E-state index in [1.54, 1.807) is 6.08 Å². The lowest BCUT2D eigenvalue weighted by Crippen LogP contribution is -2.28. The third-order valence-electron chi connectivity index (χ3n) is 9.20. The average Bonchev–Trinajstić information content (AvgIpc) is 3.31. The molecule has 0 saturated heterocycles. The van der Waals surface area contributed by atoms with Crippen LogP contribution in [0.4, 0.5) is 0 Å². The molecule has 268 valence electrons. The molecule has 0 radical (unpaired) electrons. The van der Waals surface area contributed by atoms with Crippen LogP contribution in [0.25, 0.3) is 0 Å². The molecule has 1 fully saturated rings. The normalized spacial score (nSPS) is 19.5. The number of esters is 2. The molecule has 0 aliphatic heterocycles. The monoisotopic (exact) mass is 652 g/mol. The molecule has 1 aliphatic carbocycles. The number of hydrogen-bond donors (Lipinski definition) is 3. The van der Waals surface area contributed by atoms with Crippen LogP contribution in [0.3, 0.4) is 0 Å². The summed E-state index contributed by atoms with van der Waals surface area (Å²) >= 11 is 0. The minimum absolute atomic E-state index is 0.0828. The first-order chi connectivity index (χ1) is 22.3. The molecule has 1 aliphatic rings. The summed E-state index contributed by atoms with van der Waals surface area (Å²) < 4.78 is 10.5. The second kappa shape index (κ2) is 28.3. The van der Waals surface area contributed by atoms with E-state index in [0.29, 0.717) is 25.7 Å². The van der Waals surface area contributed by atoms with Crippen molar-refractivity contribution in [2.45, 2.75) is 186 Å². The van der Waals surface area contributed by atoms with E-state index in [9.17, 15) is 29.7 Å². The van der Waals surface area contributed by atoms with Crippen LogP contribution >= 0.6 is 0 Å². The summed E-state index contributed by atoms with van der Waals surface area (Å²) in [6, 6.07) is 0. The van der Waals surface area contributed by atoms with Crippen LogP contribution in [0, 0.1) is 11.8 Å². The van der Waals surface area contributed by atoms with Gasteiger partial charge >= 0.3 is 11.9 Å². The maximum atomic E-state index is 12.5. The molecule has 46 heavy (non-hydrogen) atoms. The number of rotatable bonds is 30. The van der Waals surface area contributed by atoms with Crippen LogP contribution in [-0.4, -0.2) is 64.6 Å². The quantitative estimate of drug-likeness (QED) is 0.0405. The second-order valence-electron chi connectivity index (χ2n) is 13.4. The van der Waals surface area contributed by atoms with E-state index in [-0.39, 0.29) is 55.6 Å². The molecule has 1 saturated carbocycles. The van der Waals surface area contributed by atoms with Gasteiger partial charge in [0.15, 0.2) is 6.10 Å². The number of aliphatic hydroxyl groups excluding tert-OH is 3. The molecule has 8 heteroatoms. The van der Waals surface area contributed by atoms with Crippen molar-refractivity contribution in [3.63, 3.8) is 0 Å². The minimum atomic E-state index is -0.840. The first-order valence-corrected chi connectivity index (χ1v) is 18.8. The third-order valence-corrected chi connectivity index (χ3v) is 9.20. The van der Waals surface area contributed by atoms with Crippen molar-refractivity contribution in [2.24, 2.45) is 11.8 Å². The van der Waals surface area contributed by atoms with Crippen LogP contribution in [0.1, 0.15) is 168 Å². The number of hydrogen-bond acceptors (Lipinski definition) is 8. The van der Waals surface area contributed by atoms with E-state index in [1.165, 1.54) is 57.8 Å². The highest BCUT2D eigenvalue weighted by Crippen LogP contribution is 2.34. The first-order valence-electron chi connectivity index (χ1n) is 18.8. The highest BCUT2D eigenvalue weighted by molar-refractivity contribution is 5.84. The smallest absolute Gasteiger partial charge is 0.306 e. The number of unbranched alkanes of at least 4 members (excludes halogenated alkanes) is 16. The summed E-state index contributed by atoms with van der Waals surface area (Å²) in [5.41, 5.74) is 0. The highest BCUT2D eigenvalue weighted by atomic mass is 16.6. The number of ketones is 1. The zero-order valence-electron chi connectivity index (χ0n) is 29.3. The summed E-state index contributed by atoms with van der Waals surface area (Å²) in [5.74, 6) is -1.14. The van der Waals surface area contributed by atoms with E-state index in [2.05, 4.69) is 13.8 Å². The van der Waals surface area contributed by atoms with Gasteiger partial charge in [0.2, 0.25) is 0 Å². The Balaban J connectivity index is 2.11. The Bertz CT molecular complexity index is 813. The summed E-state index contributed by atoms with van der Waals surface area (Å²) in [5, 5.41) is 30.1. The molecular weight excluding hydrogens is 584 g/mol. The van der Waals surface area contributed by atoms with Crippen molar-refractivity contribution in [1.29, 1.82) is 0 Å². The Hall–Kier alpha value is -1.77. The van der Waals surface area contributed by atoms with E-state index < -0.39 is 18.3 Å². The molecule has 0 unspecified atom stereocenters. The topological polar surface area (TPSA) is 130 Å². The Kier molecular flexibility index (Phi) is 26.0. The van der Waals surface area contributed by atoms with Gasteiger partial charge in [0.25, 0.3) is 0 Å². The van der Waals surface area contributed by atoms with Gasteiger partial charge in [-0.25, -0.2) is 0 Å². The molecular formula is C38H68O8. The van der Waals surface area contributed by atoms with Gasteiger partial charge in [-0.1, -0.05) is 135 Å². The lowest BCUT2D eigenvalue weighted by Gasteiger charge is -2.18. The maximum Gasteiger partial charge on any atom is 0.306 e.